The number of nitrogens with zero attached hydrogens (tertiary/aromatic N) is 7. The third-order valence-corrected chi connectivity index (χ3v) is 11.1. The van der Waals surface area contributed by atoms with Crippen molar-refractivity contribution in [2.75, 3.05) is 73.4 Å². The molecule has 2 aromatic carbocycles. The number of halogens is 1. The van der Waals surface area contributed by atoms with Gasteiger partial charge < -0.3 is 24.8 Å². The van der Waals surface area contributed by atoms with Crippen LogP contribution in [0.5, 0.6) is 5.75 Å². The molecule has 0 unspecified atom stereocenters. The summed E-state index contributed by atoms with van der Waals surface area (Å²) < 4.78 is 20.5. The number of nitrogens with one attached hydrogen (secondary N) is 1. The summed E-state index contributed by atoms with van der Waals surface area (Å²) in [7, 11) is 3.73. The Kier molecular flexibility index (Phi) is 9.08. The Bertz CT molecular complexity index is 1720. The first kappa shape index (κ1) is 33.1. The Morgan fingerprint density at radius 2 is 1.80 bits per heavy atom. The number of ether oxygens (including phenoxy) is 1. The van der Waals surface area contributed by atoms with E-state index in [4.69, 9.17) is 9.72 Å². The summed E-state index contributed by atoms with van der Waals surface area (Å²) in [6, 6.07) is 9.99. The van der Waals surface area contributed by atoms with Crippen molar-refractivity contribution >= 4 is 40.8 Å². The Labute approximate surface area is 288 Å². The van der Waals surface area contributed by atoms with Crippen molar-refractivity contribution in [3.8, 4) is 5.75 Å². The van der Waals surface area contributed by atoms with E-state index in [2.05, 4.69) is 52.3 Å². The van der Waals surface area contributed by atoms with Gasteiger partial charge in [0.1, 0.15) is 17.4 Å². The average Bonchev–Trinajstić information content (AvgIpc) is 3.60. The molecule has 1 atom stereocenters. The van der Waals surface area contributed by atoms with Gasteiger partial charge in [0.05, 0.1) is 25.4 Å². The first-order valence-corrected chi connectivity index (χ1v) is 17.6. The van der Waals surface area contributed by atoms with Gasteiger partial charge >= 0.3 is 6.03 Å². The van der Waals surface area contributed by atoms with E-state index >= 15 is 4.39 Å². The molecule has 1 spiro atoms. The van der Waals surface area contributed by atoms with Crippen LogP contribution in [0.25, 0.3) is 0 Å². The van der Waals surface area contributed by atoms with Crippen LogP contribution in [0, 0.1) is 18.2 Å². The molecule has 1 aromatic heterocycles. The van der Waals surface area contributed by atoms with Crippen molar-refractivity contribution in [2.24, 2.45) is 5.41 Å². The number of urea groups is 1. The molecule has 4 aliphatic rings. The van der Waals surface area contributed by atoms with Gasteiger partial charge in [-0.1, -0.05) is 6.92 Å². The molecular formula is C37H47FN8O3. The van der Waals surface area contributed by atoms with Gasteiger partial charge in [-0.05, 0) is 100 Å². The number of likely N-dealkylation sites (tertiary alicyclic amines) is 2. The summed E-state index contributed by atoms with van der Waals surface area (Å²) in [4.78, 5) is 46.1. The van der Waals surface area contributed by atoms with Crippen LogP contribution in [0.15, 0.2) is 42.6 Å². The molecule has 0 aliphatic carbocycles. The fraction of sp³-hybridized carbons (Fsp3) is 0.514. The molecule has 0 saturated carbocycles. The predicted molar refractivity (Wildman–Crippen MR) is 189 cm³/mol. The number of amides is 3. The van der Waals surface area contributed by atoms with Crippen molar-refractivity contribution in [3.63, 3.8) is 0 Å². The SMILES string of the molecule is CCC(=O)N1CC[C@H](N2C(=O)N(c3cc(OC)ccc3F)Cc3cnc(Nc4ccc(N5CCC6(CCN(C)CC6)CC5)c(C)c4)nc32)C1. The fourth-order valence-electron chi connectivity index (χ4n) is 8.02. The maximum absolute atomic E-state index is 15.2. The second-order valence-corrected chi connectivity index (χ2v) is 14.2. The van der Waals surface area contributed by atoms with Crippen LogP contribution in [-0.4, -0.2) is 91.2 Å². The molecule has 12 heteroatoms. The van der Waals surface area contributed by atoms with Crippen LogP contribution in [-0.2, 0) is 11.3 Å². The zero-order chi connectivity index (χ0) is 34.3. The van der Waals surface area contributed by atoms with E-state index in [1.54, 1.807) is 16.0 Å². The summed E-state index contributed by atoms with van der Waals surface area (Å²) in [5, 5.41) is 3.37. The van der Waals surface area contributed by atoms with Crippen LogP contribution < -0.4 is 24.8 Å². The van der Waals surface area contributed by atoms with E-state index in [0.29, 0.717) is 54.4 Å². The van der Waals surface area contributed by atoms with Crippen molar-refractivity contribution in [3.05, 3.63) is 59.5 Å². The van der Waals surface area contributed by atoms with Gasteiger partial charge in [-0.2, -0.15) is 4.98 Å². The van der Waals surface area contributed by atoms with Gasteiger partial charge in [0.15, 0.2) is 0 Å². The number of fused-ring (bicyclic) bond motifs is 1. The molecular weight excluding hydrogens is 623 g/mol. The molecule has 49 heavy (non-hydrogen) atoms. The minimum Gasteiger partial charge on any atom is -0.497 e. The minimum atomic E-state index is -0.532. The van der Waals surface area contributed by atoms with E-state index in [0.717, 1.165) is 18.8 Å². The van der Waals surface area contributed by atoms with E-state index < -0.39 is 11.8 Å². The number of hydrogen-bond donors (Lipinski definition) is 1. The first-order valence-electron chi connectivity index (χ1n) is 17.6. The molecule has 3 saturated heterocycles. The molecule has 5 heterocycles. The highest BCUT2D eigenvalue weighted by atomic mass is 19.1. The number of hydrogen-bond acceptors (Lipinski definition) is 8. The highest BCUT2D eigenvalue weighted by Crippen LogP contribution is 2.43. The van der Waals surface area contributed by atoms with Gasteiger partial charge in [0, 0.05) is 61.8 Å². The first-order chi connectivity index (χ1) is 23.7. The number of aromatic nitrogens is 2. The number of benzene rings is 2. The third-order valence-electron chi connectivity index (χ3n) is 11.1. The molecule has 0 bridgehead atoms. The number of aryl methyl sites for hydroxylation is 1. The van der Waals surface area contributed by atoms with Gasteiger partial charge in [-0.15, -0.1) is 0 Å². The fourth-order valence-corrected chi connectivity index (χ4v) is 8.02. The number of rotatable bonds is 7. The smallest absolute Gasteiger partial charge is 0.330 e. The number of piperidine rings is 2. The lowest BCUT2D eigenvalue weighted by Gasteiger charge is -2.47. The molecule has 4 aliphatic heterocycles. The van der Waals surface area contributed by atoms with Gasteiger partial charge in [0.25, 0.3) is 0 Å². The molecule has 260 valence electrons. The Morgan fingerprint density at radius 1 is 1.04 bits per heavy atom. The summed E-state index contributed by atoms with van der Waals surface area (Å²) in [6.45, 7) is 9.56. The van der Waals surface area contributed by atoms with Crippen molar-refractivity contribution in [1.29, 1.82) is 0 Å². The number of carbonyl (C=O) groups is 2. The highest BCUT2D eigenvalue weighted by molar-refractivity contribution is 6.06. The molecule has 0 radical (unpaired) electrons. The van der Waals surface area contributed by atoms with Crippen LogP contribution in [0.3, 0.4) is 0 Å². The second-order valence-electron chi connectivity index (χ2n) is 14.2. The molecule has 3 amide bonds. The lowest BCUT2D eigenvalue weighted by Crippen LogP contribution is -2.53. The van der Waals surface area contributed by atoms with Gasteiger partial charge in [0.2, 0.25) is 11.9 Å². The Balaban J connectivity index is 1.12. The predicted octanol–water partition coefficient (Wildman–Crippen LogP) is 5.95. The van der Waals surface area contributed by atoms with Gasteiger partial charge in [-0.25, -0.2) is 14.2 Å². The molecule has 7 rings (SSSR count). The average molecular weight is 671 g/mol. The van der Waals surface area contributed by atoms with E-state index in [-0.39, 0.29) is 24.2 Å². The summed E-state index contributed by atoms with van der Waals surface area (Å²) in [5.74, 6) is 0.794. The lowest BCUT2D eigenvalue weighted by atomic mass is 9.71. The summed E-state index contributed by atoms with van der Waals surface area (Å²) >= 11 is 0. The molecule has 3 aromatic rings. The highest BCUT2D eigenvalue weighted by Gasteiger charge is 2.42. The number of methoxy groups -OCH3 is 1. The molecule has 11 nitrogen and oxygen atoms in total. The topological polar surface area (TPSA) is 97.4 Å². The van der Waals surface area contributed by atoms with Crippen LogP contribution in [0.1, 0.15) is 56.6 Å². The third kappa shape index (κ3) is 6.50. The van der Waals surface area contributed by atoms with Crippen molar-refractivity contribution < 1.29 is 18.7 Å². The zero-order valence-electron chi connectivity index (χ0n) is 29.0. The minimum absolute atomic E-state index is 0.0395. The van der Waals surface area contributed by atoms with Crippen LogP contribution in [0.4, 0.5) is 38.0 Å². The number of anilines is 5. The van der Waals surface area contributed by atoms with E-state index in [1.165, 1.54) is 80.2 Å². The second kappa shape index (κ2) is 13.5. The Morgan fingerprint density at radius 3 is 2.51 bits per heavy atom. The molecule has 3 fully saturated rings. The standard InChI is InChI=1S/C37H47FN8O3/c1-5-33(47)44-15-10-28(24-44)46-34-26(23-45(36(46)48)32-21-29(49-4)7-8-30(32)38)22-39-35(41-34)40-27-6-9-31(25(2)20-27)43-18-13-37(14-19-43)11-16-42(3)17-12-37/h6-9,20-22,28H,5,10-19,23-24H2,1-4H3,(H,39,40,41)/t28-/m0/s1. The normalized spacial score (nSPS) is 20.9. The van der Waals surface area contributed by atoms with E-state index in [9.17, 15) is 9.59 Å². The summed E-state index contributed by atoms with van der Waals surface area (Å²) in [6.07, 6.45) is 7.77. The van der Waals surface area contributed by atoms with Crippen molar-refractivity contribution in [1.82, 2.24) is 19.8 Å². The molecule has 1 N–H and O–H groups in total. The number of carbonyl (C=O) groups excluding carboxylic acids is 2. The van der Waals surface area contributed by atoms with Crippen LogP contribution >= 0.6 is 0 Å². The monoisotopic (exact) mass is 670 g/mol. The summed E-state index contributed by atoms with van der Waals surface area (Å²) in [5.41, 5.74) is 4.60. The largest absolute Gasteiger partial charge is 0.497 e. The maximum atomic E-state index is 15.2. The Hall–Kier alpha value is -4.45. The quantitative estimate of drug-likeness (QED) is 0.330. The van der Waals surface area contributed by atoms with Crippen molar-refractivity contribution in [2.45, 2.75) is 65.0 Å². The van der Waals surface area contributed by atoms with Gasteiger partial charge in [-0.3, -0.25) is 14.6 Å². The zero-order valence-corrected chi connectivity index (χ0v) is 29.0. The van der Waals surface area contributed by atoms with Crippen LogP contribution in [0.2, 0.25) is 0 Å². The lowest BCUT2D eigenvalue weighted by molar-refractivity contribution is -0.129. The van der Waals surface area contributed by atoms with E-state index in [1.807, 2.05) is 6.92 Å². The maximum Gasteiger partial charge on any atom is 0.330 e.